The lowest BCUT2D eigenvalue weighted by atomic mass is 10.1. The standard InChI is InChI=1S/C12H21N3O/c1-9(2)11-13-12(16-14-11)10(3)15-7-5-4-6-8-15/h9-10H,4-8H2,1-3H3. The molecule has 90 valence electrons. The molecular weight excluding hydrogens is 202 g/mol. The molecule has 0 radical (unpaired) electrons. The summed E-state index contributed by atoms with van der Waals surface area (Å²) in [4.78, 5) is 6.90. The molecule has 1 saturated heterocycles. The van der Waals surface area contributed by atoms with Gasteiger partial charge in [0.25, 0.3) is 0 Å². The Morgan fingerprint density at radius 2 is 1.81 bits per heavy atom. The summed E-state index contributed by atoms with van der Waals surface area (Å²) in [6.07, 6.45) is 3.93. The zero-order valence-electron chi connectivity index (χ0n) is 10.4. The maximum atomic E-state index is 5.34. The lowest BCUT2D eigenvalue weighted by Crippen LogP contribution is -2.32. The van der Waals surface area contributed by atoms with E-state index in [9.17, 15) is 0 Å². The van der Waals surface area contributed by atoms with E-state index in [0.29, 0.717) is 5.92 Å². The number of piperidine rings is 1. The average Bonchev–Trinajstić information content (AvgIpc) is 2.78. The first kappa shape index (κ1) is 11.6. The van der Waals surface area contributed by atoms with Crippen LogP contribution in [0.1, 0.15) is 63.7 Å². The van der Waals surface area contributed by atoms with Gasteiger partial charge in [0.2, 0.25) is 5.89 Å². The number of hydrogen-bond donors (Lipinski definition) is 0. The van der Waals surface area contributed by atoms with Crippen molar-refractivity contribution in [3.63, 3.8) is 0 Å². The molecule has 1 aromatic rings. The number of hydrogen-bond acceptors (Lipinski definition) is 4. The largest absolute Gasteiger partial charge is 0.338 e. The van der Waals surface area contributed by atoms with Gasteiger partial charge in [-0.05, 0) is 32.9 Å². The smallest absolute Gasteiger partial charge is 0.243 e. The molecule has 2 rings (SSSR count). The first-order chi connectivity index (χ1) is 7.68. The minimum Gasteiger partial charge on any atom is -0.338 e. The third-order valence-corrected chi connectivity index (χ3v) is 3.27. The molecule has 1 aromatic heterocycles. The minimum absolute atomic E-state index is 0.264. The number of aromatic nitrogens is 2. The Morgan fingerprint density at radius 3 is 2.38 bits per heavy atom. The molecule has 1 unspecified atom stereocenters. The molecule has 0 N–H and O–H groups in total. The summed E-state index contributed by atoms with van der Waals surface area (Å²) in [5.74, 6) is 1.93. The van der Waals surface area contributed by atoms with E-state index < -0.39 is 0 Å². The molecule has 0 saturated carbocycles. The maximum absolute atomic E-state index is 5.34. The van der Waals surface area contributed by atoms with Gasteiger partial charge in [-0.25, -0.2) is 0 Å². The summed E-state index contributed by atoms with van der Waals surface area (Å²) in [7, 11) is 0. The first-order valence-corrected chi connectivity index (χ1v) is 6.26. The fourth-order valence-corrected chi connectivity index (χ4v) is 2.11. The molecule has 1 fully saturated rings. The Kier molecular flexibility index (Phi) is 3.59. The van der Waals surface area contributed by atoms with E-state index in [-0.39, 0.29) is 6.04 Å². The molecule has 0 spiro atoms. The molecule has 1 aliphatic heterocycles. The zero-order chi connectivity index (χ0) is 11.5. The molecule has 0 bridgehead atoms. The van der Waals surface area contributed by atoms with Crippen LogP contribution >= 0.6 is 0 Å². The van der Waals surface area contributed by atoms with Crippen molar-refractivity contribution in [1.29, 1.82) is 0 Å². The quantitative estimate of drug-likeness (QED) is 0.790. The summed E-state index contributed by atoms with van der Waals surface area (Å²) in [5, 5.41) is 4.02. The van der Waals surface area contributed by atoms with E-state index in [1.165, 1.54) is 19.3 Å². The number of nitrogens with zero attached hydrogens (tertiary/aromatic N) is 3. The van der Waals surface area contributed by atoms with Gasteiger partial charge >= 0.3 is 0 Å². The third kappa shape index (κ3) is 2.43. The highest BCUT2D eigenvalue weighted by molar-refractivity contribution is 4.96. The fourth-order valence-electron chi connectivity index (χ4n) is 2.11. The van der Waals surface area contributed by atoms with Crippen LogP contribution in [0.4, 0.5) is 0 Å². The molecule has 1 atom stereocenters. The molecular formula is C12H21N3O. The molecule has 0 amide bonds. The molecule has 0 aromatic carbocycles. The van der Waals surface area contributed by atoms with Crippen LogP contribution in [0.3, 0.4) is 0 Å². The molecule has 4 heteroatoms. The number of rotatable bonds is 3. The lowest BCUT2D eigenvalue weighted by Gasteiger charge is -2.29. The Balaban J connectivity index is 2.04. The SMILES string of the molecule is CC(C)c1noc(C(C)N2CCCCC2)n1. The van der Waals surface area contributed by atoms with Gasteiger partial charge in [0.1, 0.15) is 0 Å². The van der Waals surface area contributed by atoms with Gasteiger partial charge < -0.3 is 4.52 Å². The van der Waals surface area contributed by atoms with Gasteiger partial charge in [0.05, 0.1) is 6.04 Å². The molecule has 1 aliphatic rings. The Hall–Kier alpha value is -0.900. The lowest BCUT2D eigenvalue weighted by molar-refractivity contribution is 0.146. The molecule has 16 heavy (non-hydrogen) atoms. The van der Waals surface area contributed by atoms with Crippen LogP contribution < -0.4 is 0 Å². The molecule has 0 aliphatic carbocycles. The second kappa shape index (κ2) is 4.95. The van der Waals surface area contributed by atoms with Gasteiger partial charge in [-0.3, -0.25) is 4.90 Å². The Labute approximate surface area is 97.0 Å². The van der Waals surface area contributed by atoms with Crippen LogP contribution in [0.5, 0.6) is 0 Å². The Morgan fingerprint density at radius 1 is 1.12 bits per heavy atom. The monoisotopic (exact) mass is 223 g/mol. The van der Waals surface area contributed by atoms with Crippen molar-refractivity contribution in [3.8, 4) is 0 Å². The van der Waals surface area contributed by atoms with Crippen molar-refractivity contribution >= 4 is 0 Å². The average molecular weight is 223 g/mol. The number of likely N-dealkylation sites (tertiary alicyclic amines) is 1. The van der Waals surface area contributed by atoms with E-state index in [2.05, 4.69) is 35.8 Å². The predicted octanol–water partition coefficient (Wildman–Crippen LogP) is 2.74. The topological polar surface area (TPSA) is 42.2 Å². The van der Waals surface area contributed by atoms with Crippen LogP contribution in [-0.4, -0.2) is 28.1 Å². The summed E-state index contributed by atoms with van der Waals surface area (Å²) in [5.41, 5.74) is 0. The van der Waals surface area contributed by atoms with Gasteiger partial charge in [-0.2, -0.15) is 4.98 Å². The predicted molar refractivity (Wildman–Crippen MR) is 62.2 cm³/mol. The second-order valence-electron chi connectivity index (χ2n) is 4.92. The van der Waals surface area contributed by atoms with Crippen molar-refractivity contribution in [2.45, 2.75) is 52.0 Å². The van der Waals surface area contributed by atoms with Gasteiger partial charge in [0, 0.05) is 5.92 Å². The summed E-state index contributed by atoms with van der Waals surface area (Å²) in [6.45, 7) is 8.63. The van der Waals surface area contributed by atoms with Crippen molar-refractivity contribution in [3.05, 3.63) is 11.7 Å². The Bertz CT molecular complexity index is 329. The fraction of sp³-hybridized carbons (Fsp3) is 0.833. The van der Waals surface area contributed by atoms with Crippen LogP contribution in [0.2, 0.25) is 0 Å². The van der Waals surface area contributed by atoms with Gasteiger partial charge in [-0.1, -0.05) is 25.4 Å². The van der Waals surface area contributed by atoms with Crippen molar-refractivity contribution < 1.29 is 4.52 Å². The van der Waals surface area contributed by atoms with E-state index >= 15 is 0 Å². The summed E-state index contributed by atoms with van der Waals surface area (Å²) < 4.78 is 5.34. The molecule has 2 heterocycles. The van der Waals surface area contributed by atoms with Crippen molar-refractivity contribution in [1.82, 2.24) is 15.0 Å². The van der Waals surface area contributed by atoms with Gasteiger partial charge in [0.15, 0.2) is 5.82 Å². The summed E-state index contributed by atoms with van der Waals surface area (Å²) >= 11 is 0. The normalized spacial score (nSPS) is 20.2. The van der Waals surface area contributed by atoms with E-state index in [0.717, 1.165) is 24.8 Å². The van der Waals surface area contributed by atoms with Crippen LogP contribution in [-0.2, 0) is 0 Å². The van der Waals surface area contributed by atoms with E-state index in [1.54, 1.807) is 0 Å². The van der Waals surface area contributed by atoms with Crippen LogP contribution in [0.15, 0.2) is 4.52 Å². The van der Waals surface area contributed by atoms with Crippen LogP contribution in [0.25, 0.3) is 0 Å². The maximum Gasteiger partial charge on any atom is 0.243 e. The highest BCUT2D eigenvalue weighted by Crippen LogP contribution is 2.23. The minimum atomic E-state index is 0.264. The van der Waals surface area contributed by atoms with Gasteiger partial charge in [-0.15, -0.1) is 0 Å². The van der Waals surface area contributed by atoms with Crippen molar-refractivity contribution in [2.24, 2.45) is 0 Å². The zero-order valence-corrected chi connectivity index (χ0v) is 10.4. The first-order valence-electron chi connectivity index (χ1n) is 6.26. The highest BCUT2D eigenvalue weighted by Gasteiger charge is 2.23. The summed E-state index contributed by atoms with van der Waals surface area (Å²) in [6, 6.07) is 0.264. The third-order valence-electron chi connectivity index (χ3n) is 3.27. The highest BCUT2D eigenvalue weighted by atomic mass is 16.5. The van der Waals surface area contributed by atoms with E-state index in [4.69, 9.17) is 4.52 Å². The molecule has 4 nitrogen and oxygen atoms in total. The van der Waals surface area contributed by atoms with E-state index in [1.807, 2.05) is 0 Å². The van der Waals surface area contributed by atoms with Crippen molar-refractivity contribution in [2.75, 3.05) is 13.1 Å². The second-order valence-corrected chi connectivity index (χ2v) is 4.92. The van der Waals surface area contributed by atoms with Crippen LogP contribution in [0, 0.1) is 0 Å².